The van der Waals surface area contributed by atoms with E-state index in [1.54, 1.807) is 0 Å². The van der Waals surface area contributed by atoms with Gasteiger partial charge in [-0.25, -0.2) is 0 Å². The van der Waals surface area contributed by atoms with Crippen molar-refractivity contribution < 1.29 is 0 Å². The summed E-state index contributed by atoms with van der Waals surface area (Å²) in [7, 11) is 0. The summed E-state index contributed by atoms with van der Waals surface area (Å²) < 4.78 is 0. The van der Waals surface area contributed by atoms with Crippen LogP contribution in [0.15, 0.2) is 0 Å². The van der Waals surface area contributed by atoms with Gasteiger partial charge in [0.25, 0.3) is 0 Å². The third kappa shape index (κ3) is 7.37. The molecule has 0 aromatic rings. The van der Waals surface area contributed by atoms with Crippen LogP contribution in [0.25, 0.3) is 0 Å². The average Bonchev–Trinajstić information content (AvgIpc) is 2.43. The lowest BCUT2D eigenvalue weighted by Crippen LogP contribution is -2.21. The lowest BCUT2D eigenvalue weighted by atomic mass is 9.73. The third-order valence-electron chi connectivity index (χ3n) is 5.33. The molecule has 1 saturated carbocycles. The Kier molecular flexibility index (Phi) is 9.65. The maximum atomic E-state index is 2.45. The minimum absolute atomic E-state index is 1.01. The van der Waals surface area contributed by atoms with Crippen LogP contribution in [0.4, 0.5) is 0 Å². The third-order valence-corrected chi connectivity index (χ3v) is 5.33. The normalized spacial score (nSPS) is 25.4. The van der Waals surface area contributed by atoms with Gasteiger partial charge in [-0.2, -0.15) is 0 Å². The summed E-state index contributed by atoms with van der Waals surface area (Å²) in [6.45, 7) is 7.10. The van der Waals surface area contributed by atoms with Crippen molar-refractivity contribution in [1.82, 2.24) is 0 Å². The Hall–Kier alpha value is 0. The average molecular weight is 267 g/mol. The summed E-state index contributed by atoms with van der Waals surface area (Å²) in [6, 6.07) is 0. The Labute approximate surface area is 122 Å². The first-order valence-electron chi connectivity index (χ1n) is 9.27. The summed E-state index contributed by atoms with van der Waals surface area (Å²) in [4.78, 5) is 0. The number of rotatable bonds is 10. The molecule has 0 N–H and O–H groups in total. The van der Waals surface area contributed by atoms with Crippen LogP contribution in [-0.4, -0.2) is 0 Å². The van der Waals surface area contributed by atoms with Crippen molar-refractivity contribution >= 4 is 0 Å². The summed E-state index contributed by atoms with van der Waals surface area (Å²) in [5, 5.41) is 0. The van der Waals surface area contributed by atoms with E-state index in [1.165, 1.54) is 83.5 Å². The molecule has 0 aromatic heterocycles. The maximum Gasteiger partial charge on any atom is -0.0386 e. The zero-order valence-corrected chi connectivity index (χ0v) is 13.9. The highest BCUT2D eigenvalue weighted by atomic mass is 14.3. The Morgan fingerprint density at radius 3 is 1.84 bits per heavy atom. The highest BCUT2D eigenvalue weighted by Crippen LogP contribution is 2.37. The molecule has 0 amide bonds. The number of hydrogen-bond donors (Lipinski definition) is 0. The molecule has 1 unspecified atom stereocenters. The van der Waals surface area contributed by atoms with Crippen LogP contribution in [0, 0.1) is 17.8 Å². The summed E-state index contributed by atoms with van der Waals surface area (Å²) in [5.41, 5.74) is 0. The van der Waals surface area contributed by atoms with Crippen molar-refractivity contribution in [2.24, 2.45) is 17.8 Å². The highest BCUT2D eigenvalue weighted by Gasteiger charge is 2.25. The second-order valence-electron chi connectivity index (χ2n) is 7.13. The van der Waals surface area contributed by atoms with E-state index in [2.05, 4.69) is 20.8 Å². The van der Waals surface area contributed by atoms with Crippen LogP contribution in [0.1, 0.15) is 104 Å². The monoisotopic (exact) mass is 266 g/mol. The van der Waals surface area contributed by atoms with Crippen LogP contribution in [0.5, 0.6) is 0 Å². The molecule has 1 aliphatic rings. The Morgan fingerprint density at radius 2 is 1.26 bits per heavy atom. The van der Waals surface area contributed by atoms with Gasteiger partial charge >= 0.3 is 0 Å². The molecule has 114 valence electrons. The minimum Gasteiger partial charge on any atom is -0.0654 e. The molecular weight excluding hydrogens is 228 g/mol. The van der Waals surface area contributed by atoms with Gasteiger partial charge in [0.2, 0.25) is 0 Å². The molecule has 0 aliphatic heterocycles. The molecular formula is C19H38. The molecule has 1 aliphatic carbocycles. The molecule has 0 heterocycles. The van der Waals surface area contributed by atoms with E-state index in [0.717, 1.165) is 17.8 Å². The van der Waals surface area contributed by atoms with Crippen molar-refractivity contribution in [3.63, 3.8) is 0 Å². The van der Waals surface area contributed by atoms with E-state index < -0.39 is 0 Å². The van der Waals surface area contributed by atoms with Crippen molar-refractivity contribution in [2.45, 2.75) is 104 Å². The molecule has 0 saturated heterocycles. The van der Waals surface area contributed by atoms with Gasteiger partial charge in [0.1, 0.15) is 0 Å². The zero-order valence-electron chi connectivity index (χ0n) is 13.9. The predicted molar refractivity (Wildman–Crippen MR) is 87.5 cm³/mol. The van der Waals surface area contributed by atoms with Gasteiger partial charge in [0.05, 0.1) is 0 Å². The fourth-order valence-corrected chi connectivity index (χ4v) is 3.86. The first kappa shape index (κ1) is 17.1. The Morgan fingerprint density at radius 1 is 0.737 bits per heavy atom. The molecule has 0 radical (unpaired) electrons. The van der Waals surface area contributed by atoms with Gasteiger partial charge < -0.3 is 0 Å². The van der Waals surface area contributed by atoms with Crippen molar-refractivity contribution in [1.29, 1.82) is 0 Å². The molecule has 0 heteroatoms. The summed E-state index contributed by atoms with van der Waals surface area (Å²) in [5.74, 6) is 3.15. The molecule has 0 bridgehead atoms. The van der Waals surface area contributed by atoms with Crippen molar-refractivity contribution in [3.8, 4) is 0 Å². The fraction of sp³-hybridized carbons (Fsp3) is 1.00. The Bertz CT molecular complexity index is 188. The van der Waals surface area contributed by atoms with E-state index in [9.17, 15) is 0 Å². The second-order valence-corrected chi connectivity index (χ2v) is 7.13. The Balaban J connectivity index is 2.30. The quantitative estimate of drug-likeness (QED) is 0.374. The van der Waals surface area contributed by atoms with Gasteiger partial charge in [0, 0.05) is 0 Å². The van der Waals surface area contributed by atoms with E-state index in [0.29, 0.717) is 0 Å². The number of unbranched alkanes of at least 4 members (excludes halogenated alkanes) is 5. The van der Waals surface area contributed by atoms with Crippen LogP contribution in [0.3, 0.4) is 0 Å². The highest BCUT2D eigenvalue weighted by molar-refractivity contribution is 4.76. The van der Waals surface area contributed by atoms with Gasteiger partial charge in [-0.05, 0) is 30.6 Å². The zero-order chi connectivity index (χ0) is 13.9. The topological polar surface area (TPSA) is 0 Å². The van der Waals surface area contributed by atoms with Crippen molar-refractivity contribution in [2.75, 3.05) is 0 Å². The van der Waals surface area contributed by atoms with Gasteiger partial charge in [-0.15, -0.1) is 0 Å². The molecule has 0 aromatic carbocycles. The van der Waals surface area contributed by atoms with E-state index >= 15 is 0 Å². The lowest BCUT2D eigenvalue weighted by Gasteiger charge is -2.33. The first-order chi connectivity index (χ1) is 9.27. The number of hydrogen-bond acceptors (Lipinski definition) is 0. The van der Waals surface area contributed by atoms with Gasteiger partial charge in [-0.3, -0.25) is 0 Å². The minimum atomic E-state index is 1.01. The smallest absolute Gasteiger partial charge is 0.0386 e. The molecule has 1 fully saturated rings. The van der Waals surface area contributed by atoms with Crippen LogP contribution >= 0.6 is 0 Å². The van der Waals surface area contributed by atoms with E-state index in [1.807, 2.05) is 0 Å². The maximum absolute atomic E-state index is 2.45. The second kappa shape index (κ2) is 10.7. The SMILES string of the molecule is CCCCCCC(CCCCC)C1CCC(C)CC1. The largest absolute Gasteiger partial charge is 0.0654 e. The molecule has 1 rings (SSSR count). The molecule has 19 heavy (non-hydrogen) atoms. The fourth-order valence-electron chi connectivity index (χ4n) is 3.86. The van der Waals surface area contributed by atoms with E-state index in [4.69, 9.17) is 0 Å². The lowest BCUT2D eigenvalue weighted by molar-refractivity contribution is 0.187. The molecule has 0 nitrogen and oxygen atoms in total. The molecule has 1 atom stereocenters. The van der Waals surface area contributed by atoms with Crippen molar-refractivity contribution in [3.05, 3.63) is 0 Å². The molecule has 0 spiro atoms. The first-order valence-corrected chi connectivity index (χ1v) is 9.27. The van der Waals surface area contributed by atoms with E-state index in [-0.39, 0.29) is 0 Å². The van der Waals surface area contributed by atoms with Crippen LogP contribution in [0.2, 0.25) is 0 Å². The standard InChI is InChI=1S/C19H38/c1-4-6-8-10-12-18(11-9-7-5-2)19-15-13-17(3)14-16-19/h17-19H,4-16H2,1-3H3. The van der Waals surface area contributed by atoms with Crippen LogP contribution in [-0.2, 0) is 0 Å². The summed E-state index contributed by atoms with van der Waals surface area (Å²) in [6.07, 6.45) is 19.2. The van der Waals surface area contributed by atoms with Gasteiger partial charge in [0.15, 0.2) is 0 Å². The summed E-state index contributed by atoms with van der Waals surface area (Å²) >= 11 is 0. The van der Waals surface area contributed by atoms with Crippen LogP contribution < -0.4 is 0 Å². The van der Waals surface area contributed by atoms with Gasteiger partial charge in [-0.1, -0.05) is 91.4 Å². The predicted octanol–water partition coefficient (Wildman–Crippen LogP) is 6.98.